The molecule has 0 aliphatic rings. The van der Waals surface area contributed by atoms with Gasteiger partial charge in [-0.15, -0.1) is 0 Å². The van der Waals surface area contributed by atoms with Gasteiger partial charge >= 0.3 is 5.97 Å². The number of rotatable bonds is 8. The molecule has 31 heavy (non-hydrogen) atoms. The summed E-state index contributed by atoms with van der Waals surface area (Å²) in [6.45, 7) is 1.59. The van der Waals surface area contributed by atoms with Crippen LogP contribution >= 0.6 is 0 Å². The lowest BCUT2D eigenvalue weighted by Gasteiger charge is -2.10. The molecule has 0 saturated heterocycles. The lowest BCUT2D eigenvalue weighted by Crippen LogP contribution is -2.15. The van der Waals surface area contributed by atoms with E-state index in [1.54, 1.807) is 6.07 Å². The van der Waals surface area contributed by atoms with Crippen LogP contribution in [-0.2, 0) is 28.9 Å². The number of carbonyl (C=O) groups excluding carboxylic acids is 1. The maximum Gasteiger partial charge on any atom is 0.341 e. The third-order valence-electron chi connectivity index (χ3n) is 5.54. The van der Waals surface area contributed by atoms with Crippen LogP contribution in [0.4, 0.5) is 0 Å². The number of carboxylic acid groups (broad SMARTS) is 1. The van der Waals surface area contributed by atoms with Crippen molar-refractivity contribution >= 4 is 28.2 Å². The Hall–Kier alpha value is -3.80. The number of hydrogen-bond donors (Lipinski definition) is 2. The number of ether oxygens (including phenoxy) is 1. The summed E-state index contributed by atoms with van der Waals surface area (Å²) in [6.07, 6.45) is 3.36. The zero-order valence-corrected chi connectivity index (χ0v) is 17.3. The molecule has 2 heterocycles. The average Bonchev–Trinajstić information content (AvgIpc) is 3.05. The Morgan fingerprint density at radius 2 is 1.81 bits per heavy atom. The number of carbonyl (C=O) groups is 2. The van der Waals surface area contributed by atoms with Gasteiger partial charge in [0, 0.05) is 18.3 Å². The minimum absolute atomic E-state index is 0.0651. The number of nitrogens with zero attached hydrogens (tertiary/aromatic N) is 1. The number of aromatic nitrogens is 1. The summed E-state index contributed by atoms with van der Waals surface area (Å²) in [5.74, 6) is -1.07. The van der Waals surface area contributed by atoms with Crippen molar-refractivity contribution in [2.45, 2.75) is 26.2 Å². The molecule has 0 atom stereocenters. The fourth-order valence-electron chi connectivity index (χ4n) is 4.33. The summed E-state index contributed by atoms with van der Waals surface area (Å²) < 4.78 is 7.57. The third-order valence-corrected chi connectivity index (χ3v) is 5.54. The number of primary amides is 1. The predicted octanol–water partition coefficient (Wildman–Crippen LogP) is 3.74. The Labute approximate surface area is 179 Å². The van der Waals surface area contributed by atoms with Crippen LogP contribution in [-0.4, -0.2) is 28.0 Å². The SMILES string of the molecule is CCc1c(CC(N)=O)c2c(OCC(=O)O)cccn2c1Cc1cccc2ccccc12. The van der Waals surface area contributed by atoms with E-state index < -0.39 is 18.5 Å². The summed E-state index contributed by atoms with van der Waals surface area (Å²) in [6, 6.07) is 18.0. The molecule has 0 spiro atoms. The van der Waals surface area contributed by atoms with E-state index >= 15 is 0 Å². The van der Waals surface area contributed by atoms with Gasteiger partial charge in [-0.25, -0.2) is 4.79 Å². The van der Waals surface area contributed by atoms with E-state index in [-0.39, 0.29) is 6.42 Å². The molecule has 0 saturated carbocycles. The minimum Gasteiger partial charge on any atom is -0.480 e. The zero-order chi connectivity index (χ0) is 22.0. The molecular formula is C25H24N2O4. The van der Waals surface area contributed by atoms with Crippen LogP contribution in [0.25, 0.3) is 16.3 Å². The van der Waals surface area contributed by atoms with Crippen molar-refractivity contribution in [3.8, 4) is 5.75 Å². The van der Waals surface area contributed by atoms with Gasteiger partial charge in [-0.2, -0.15) is 0 Å². The first kappa shape index (κ1) is 20.5. The Morgan fingerprint density at radius 1 is 1.03 bits per heavy atom. The van der Waals surface area contributed by atoms with E-state index in [1.165, 1.54) is 16.3 Å². The summed E-state index contributed by atoms with van der Waals surface area (Å²) in [5.41, 5.74) is 10.3. The second kappa shape index (κ2) is 8.52. The van der Waals surface area contributed by atoms with Crippen LogP contribution in [0.1, 0.15) is 29.3 Å². The van der Waals surface area contributed by atoms with E-state index in [2.05, 4.69) is 24.3 Å². The van der Waals surface area contributed by atoms with Crippen LogP contribution in [0.5, 0.6) is 5.75 Å². The Bertz CT molecular complexity index is 1280. The molecule has 6 nitrogen and oxygen atoms in total. The molecule has 0 aliphatic carbocycles. The highest BCUT2D eigenvalue weighted by Gasteiger charge is 2.22. The second-order valence-corrected chi connectivity index (χ2v) is 7.49. The third kappa shape index (κ3) is 3.97. The first-order valence-electron chi connectivity index (χ1n) is 10.2. The second-order valence-electron chi connectivity index (χ2n) is 7.49. The van der Waals surface area contributed by atoms with Crippen LogP contribution in [0.15, 0.2) is 60.8 Å². The highest BCUT2D eigenvalue weighted by Crippen LogP contribution is 2.34. The maximum atomic E-state index is 11.9. The van der Waals surface area contributed by atoms with Gasteiger partial charge in [0.25, 0.3) is 0 Å². The molecule has 4 rings (SSSR count). The Morgan fingerprint density at radius 3 is 2.55 bits per heavy atom. The largest absolute Gasteiger partial charge is 0.480 e. The molecule has 2 aromatic carbocycles. The molecule has 0 aliphatic heterocycles. The number of benzene rings is 2. The van der Waals surface area contributed by atoms with E-state index in [9.17, 15) is 9.59 Å². The lowest BCUT2D eigenvalue weighted by molar-refractivity contribution is -0.139. The summed E-state index contributed by atoms with van der Waals surface area (Å²) in [4.78, 5) is 22.9. The highest BCUT2D eigenvalue weighted by atomic mass is 16.5. The topological polar surface area (TPSA) is 94.0 Å². The molecule has 0 radical (unpaired) electrons. The number of amides is 1. The van der Waals surface area contributed by atoms with Crippen LogP contribution in [0, 0.1) is 0 Å². The van der Waals surface area contributed by atoms with Crippen molar-refractivity contribution in [3.63, 3.8) is 0 Å². The van der Waals surface area contributed by atoms with E-state index in [0.29, 0.717) is 24.1 Å². The van der Waals surface area contributed by atoms with Crippen molar-refractivity contribution in [3.05, 3.63) is 83.2 Å². The predicted molar refractivity (Wildman–Crippen MR) is 120 cm³/mol. The van der Waals surface area contributed by atoms with Gasteiger partial charge in [0.15, 0.2) is 6.61 Å². The van der Waals surface area contributed by atoms with Gasteiger partial charge in [-0.05, 0) is 46.0 Å². The molecule has 0 bridgehead atoms. The van der Waals surface area contributed by atoms with Crippen molar-refractivity contribution in [1.82, 2.24) is 4.40 Å². The fourth-order valence-corrected chi connectivity index (χ4v) is 4.33. The number of aliphatic carboxylic acids is 1. The minimum atomic E-state index is -1.06. The Kier molecular flexibility index (Phi) is 5.62. The number of fused-ring (bicyclic) bond motifs is 2. The van der Waals surface area contributed by atoms with Crippen molar-refractivity contribution in [2.24, 2.45) is 5.73 Å². The molecule has 4 aromatic rings. The van der Waals surface area contributed by atoms with E-state index in [1.807, 2.05) is 41.8 Å². The fraction of sp³-hybridized carbons (Fsp3) is 0.200. The number of carboxylic acids is 1. The number of pyridine rings is 1. The first-order valence-corrected chi connectivity index (χ1v) is 10.2. The van der Waals surface area contributed by atoms with E-state index in [0.717, 1.165) is 16.8 Å². The van der Waals surface area contributed by atoms with Crippen molar-refractivity contribution < 1.29 is 19.4 Å². The monoisotopic (exact) mass is 416 g/mol. The standard InChI is InChI=1S/C25H24N2O4/c1-2-18-20(14-23(26)28)25-22(31-15-24(29)30)11-6-12-27(25)21(18)13-17-9-5-8-16-7-3-4-10-19(16)17/h3-12H,2,13-15H2,1H3,(H2,26,28)(H,29,30). The molecule has 1 amide bonds. The van der Waals surface area contributed by atoms with Gasteiger partial charge in [0.1, 0.15) is 5.75 Å². The normalized spacial score (nSPS) is 11.1. The maximum absolute atomic E-state index is 11.9. The highest BCUT2D eigenvalue weighted by molar-refractivity contribution is 5.87. The summed E-state index contributed by atoms with van der Waals surface area (Å²) >= 11 is 0. The van der Waals surface area contributed by atoms with Gasteiger partial charge in [-0.3, -0.25) is 4.79 Å². The van der Waals surface area contributed by atoms with Crippen molar-refractivity contribution in [2.75, 3.05) is 6.61 Å². The molecule has 6 heteroatoms. The van der Waals surface area contributed by atoms with Gasteiger partial charge in [-0.1, -0.05) is 49.4 Å². The molecule has 3 N–H and O–H groups in total. The zero-order valence-electron chi connectivity index (χ0n) is 17.3. The number of nitrogens with two attached hydrogens (primary N) is 1. The quantitative estimate of drug-likeness (QED) is 0.458. The molecule has 0 unspecified atom stereocenters. The summed E-state index contributed by atoms with van der Waals surface area (Å²) in [7, 11) is 0. The van der Waals surface area contributed by atoms with Crippen LogP contribution in [0.3, 0.4) is 0 Å². The van der Waals surface area contributed by atoms with Gasteiger partial charge < -0.3 is 20.0 Å². The van der Waals surface area contributed by atoms with Gasteiger partial charge in [0.05, 0.1) is 11.9 Å². The molecule has 158 valence electrons. The van der Waals surface area contributed by atoms with Gasteiger partial charge in [0.2, 0.25) is 5.91 Å². The molecule has 2 aromatic heterocycles. The summed E-state index contributed by atoms with van der Waals surface area (Å²) in [5, 5.41) is 11.4. The smallest absolute Gasteiger partial charge is 0.341 e. The average molecular weight is 416 g/mol. The number of hydrogen-bond acceptors (Lipinski definition) is 3. The van der Waals surface area contributed by atoms with Crippen LogP contribution in [0.2, 0.25) is 0 Å². The first-order chi connectivity index (χ1) is 15.0. The lowest BCUT2D eigenvalue weighted by atomic mass is 9.97. The van der Waals surface area contributed by atoms with E-state index in [4.69, 9.17) is 15.6 Å². The van der Waals surface area contributed by atoms with Crippen molar-refractivity contribution in [1.29, 1.82) is 0 Å². The molecule has 0 fully saturated rings. The van der Waals surface area contributed by atoms with Crippen LogP contribution < -0.4 is 10.5 Å². The molecular weight excluding hydrogens is 392 g/mol. The Balaban J connectivity index is 1.93.